The van der Waals surface area contributed by atoms with Crippen LogP contribution in [0, 0.1) is 0 Å². The Labute approximate surface area is 298 Å². The van der Waals surface area contributed by atoms with Crippen molar-refractivity contribution < 1.29 is 0 Å². The molecule has 0 amide bonds. The van der Waals surface area contributed by atoms with Crippen molar-refractivity contribution in [1.29, 1.82) is 0 Å². The van der Waals surface area contributed by atoms with E-state index < -0.39 is 0 Å². The number of hydrogen-bond donors (Lipinski definition) is 0. The number of hydrogen-bond acceptors (Lipinski definition) is 1. The van der Waals surface area contributed by atoms with Gasteiger partial charge in [0.2, 0.25) is 0 Å². The maximum Gasteiger partial charge on any atom is 0.0361 e. The van der Waals surface area contributed by atoms with Crippen LogP contribution >= 0.6 is 11.3 Å². The molecular weight excluding hydrogens is 633 g/mol. The normalized spacial score (nSPS) is 12.3. The predicted octanol–water partition coefficient (Wildman–Crippen LogP) is 14.9. The first-order chi connectivity index (χ1) is 25.2. The molecule has 1 heterocycles. The molecule has 0 saturated carbocycles. The molecule has 0 atom stereocenters. The Morgan fingerprint density at radius 3 is 1.18 bits per heavy atom. The smallest absolute Gasteiger partial charge is 0.0361 e. The maximum atomic E-state index is 2.40. The standard InChI is InChI=1S/C50H28S/c1-3-31-11-13-35-15-21-39(43-25-17-33(5-1)47(31)49(35)43)30-9-7-29(8-10-30)37-19-23-41-42-24-20-38(28-46(42)51-45(41)27-37)40-22-16-36-14-12-32-4-2-6-34-18-26-44(40)50(36)48(32)34/h1-28H. The zero-order valence-corrected chi connectivity index (χ0v) is 28.4. The fourth-order valence-electron chi connectivity index (χ4n) is 8.94. The molecule has 0 aliphatic carbocycles. The first-order valence-electron chi connectivity index (χ1n) is 17.7. The van der Waals surface area contributed by atoms with E-state index in [4.69, 9.17) is 0 Å². The summed E-state index contributed by atoms with van der Waals surface area (Å²) in [6.07, 6.45) is 0. The third kappa shape index (κ3) is 3.90. The van der Waals surface area contributed by atoms with Gasteiger partial charge in [-0.15, -0.1) is 11.3 Å². The van der Waals surface area contributed by atoms with E-state index in [1.54, 1.807) is 0 Å². The Balaban J connectivity index is 0.931. The van der Waals surface area contributed by atoms with Crippen molar-refractivity contribution in [2.75, 3.05) is 0 Å². The Morgan fingerprint density at radius 1 is 0.255 bits per heavy atom. The van der Waals surface area contributed by atoms with Crippen molar-refractivity contribution in [3.63, 3.8) is 0 Å². The molecule has 51 heavy (non-hydrogen) atoms. The van der Waals surface area contributed by atoms with E-state index >= 15 is 0 Å². The molecule has 0 unspecified atom stereocenters. The van der Waals surface area contributed by atoms with Crippen LogP contribution in [-0.4, -0.2) is 0 Å². The fourth-order valence-corrected chi connectivity index (χ4v) is 10.1. The van der Waals surface area contributed by atoms with E-state index in [1.165, 1.54) is 118 Å². The summed E-state index contributed by atoms with van der Waals surface area (Å²) >= 11 is 1.90. The molecule has 11 aromatic carbocycles. The highest BCUT2D eigenvalue weighted by molar-refractivity contribution is 7.25. The Bertz CT molecular complexity index is 3310. The van der Waals surface area contributed by atoms with Crippen LogP contribution in [0.15, 0.2) is 170 Å². The summed E-state index contributed by atoms with van der Waals surface area (Å²) in [4.78, 5) is 0. The second kappa shape index (κ2) is 10.1. The molecule has 12 rings (SSSR count). The van der Waals surface area contributed by atoms with Crippen LogP contribution in [0.4, 0.5) is 0 Å². The van der Waals surface area contributed by atoms with Gasteiger partial charge in [-0.25, -0.2) is 0 Å². The zero-order chi connectivity index (χ0) is 33.2. The number of benzene rings is 11. The minimum Gasteiger partial charge on any atom is -0.135 e. The first-order valence-corrected chi connectivity index (χ1v) is 18.5. The van der Waals surface area contributed by atoms with Gasteiger partial charge in [-0.05, 0) is 110 Å². The Hall–Kier alpha value is -6.28. The van der Waals surface area contributed by atoms with Crippen molar-refractivity contribution in [3.05, 3.63) is 170 Å². The lowest BCUT2D eigenvalue weighted by atomic mass is 9.89. The lowest BCUT2D eigenvalue weighted by molar-refractivity contribution is 1.63. The molecule has 234 valence electrons. The van der Waals surface area contributed by atoms with Crippen LogP contribution in [0.5, 0.6) is 0 Å². The molecule has 0 nitrogen and oxygen atoms in total. The maximum absolute atomic E-state index is 2.40. The minimum atomic E-state index is 1.24. The topological polar surface area (TPSA) is 0 Å². The van der Waals surface area contributed by atoms with Gasteiger partial charge >= 0.3 is 0 Å². The van der Waals surface area contributed by atoms with Crippen molar-refractivity contribution in [3.8, 4) is 33.4 Å². The first kappa shape index (κ1) is 27.5. The molecule has 0 spiro atoms. The van der Waals surface area contributed by atoms with Crippen LogP contribution in [0.3, 0.4) is 0 Å². The van der Waals surface area contributed by atoms with Gasteiger partial charge in [-0.2, -0.15) is 0 Å². The van der Waals surface area contributed by atoms with Crippen molar-refractivity contribution in [2.24, 2.45) is 0 Å². The van der Waals surface area contributed by atoms with Crippen LogP contribution < -0.4 is 0 Å². The van der Waals surface area contributed by atoms with Crippen molar-refractivity contribution in [1.82, 2.24) is 0 Å². The van der Waals surface area contributed by atoms with E-state index in [1.807, 2.05) is 11.3 Å². The summed E-state index contributed by atoms with van der Waals surface area (Å²) in [6, 6.07) is 63.8. The molecule has 12 aromatic rings. The second-order valence-corrected chi connectivity index (χ2v) is 15.1. The van der Waals surface area contributed by atoms with Crippen LogP contribution in [0.1, 0.15) is 0 Å². The zero-order valence-electron chi connectivity index (χ0n) is 27.6. The van der Waals surface area contributed by atoms with E-state index in [-0.39, 0.29) is 0 Å². The SMILES string of the molecule is c1cc2ccc3ccc(-c4ccc(-c5ccc6c(c5)sc5cc(-c7ccc8ccc9cccc%10ccc7c8c9%10)ccc56)cc4)c4ccc(c1)c2c34. The lowest BCUT2D eigenvalue weighted by Crippen LogP contribution is -1.87. The highest BCUT2D eigenvalue weighted by Crippen LogP contribution is 2.43. The van der Waals surface area contributed by atoms with Gasteiger partial charge in [0, 0.05) is 20.2 Å². The molecule has 0 aliphatic rings. The average molecular weight is 661 g/mol. The summed E-state index contributed by atoms with van der Waals surface area (Å²) in [5.74, 6) is 0. The second-order valence-electron chi connectivity index (χ2n) is 14.0. The predicted molar refractivity (Wildman–Crippen MR) is 223 cm³/mol. The van der Waals surface area contributed by atoms with Crippen molar-refractivity contribution in [2.45, 2.75) is 0 Å². The average Bonchev–Trinajstić information content (AvgIpc) is 3.56. The molecule has 0 fully saturated rings. The summed E-state index contributed by atoms with van der Waals surface area (Å²) in [5.41, 5.74) is 7.60. The summed E-state index contributed by atoms with van der Waals surface area (Å²) in [5, 5.41) is 18.6. The van der Waals surface area contributed by atoms with E-state index in [2.05, 4.69) is 170 Å². The molecule has 1 aromatic heterocycles. The number of thiophene rings is 1. The van der Waals surface area contributed by atoms with Gasteiger partial charge in [0.05, 0.1) is 0 Å². The minimum absolute atomic E-state index is 1.24. The molecule has 0 N–H and O–H groups in total. The monoisotopic (exact) mass is 660 g/mol. The Morgan fingerprint density at radius 2 is 0.627 bits per heavy atom. The Kier molecular flexibility index (Phi) is 5.47. The van der Waals surface area contributed by atoms with E-state index in [9.17, 15) is 0 Å². The number of rotatable bonds is 3. The fraction of sp³-hybridized carbons (Fsp3) is 0. The third-order valence-electron chi connectivity index (χ3n) is 11.4. The van der Waals surface area contributed by atoms with Crippen LogP contribution in [0.25, 0.3) is 118 Å². The largest absolute Gasteiger partial charge is 0.135 e. The van der Waals surface area contributed by atoms with Gasteiger partial charge in [-0.3, -0.25) is 0 Å². The molecule has 0 aliphatic heterocycles. The molecule has 0 bridgehead atoms. The van der Waals surface area contributed by atoms with Crippen LogP contribution in [0.2, 0.25) is 0 Å². The van der Waals surface area contributed by atoms with E-state index in [0.717, 1.165) is 0 Å². The third-order valence-corrected chi connectivity index (χ3v) is 12.5. The van der Waals surface area contributed by atoms with E-state index in [0.29, 0.717) is 0 Å². The van der Waals surface area contributed by atoms with Gasteiger partial charge in [-0.1, -0.05) is 158 Å². The highest BCUT2D eigenvalue weighted by Gasteiger charge is 2.15. The quantitative estimate of drug-likeness (QED) is 0.165. The molecular formula is C50H28S. The molecule has 1 heteroatoms. The summed E-state index contributed by atoms with van der Waals surface area (Å²) in [6.45, 7) is 0. The van der Waals surface area contributed by atoms with Gasteiger partial charge < -0.3 is 0 Å². The highest BCUT2D eigenvalue weighted by atomic mass is 32.1. The van der Waals surface area contributed by atoms with Crippen molar-refractivity contribution >= 4 is 96.1 Å². The summed E-state index contributed by atoms with van der Waals surface area (Å²) < 4.78 is 2.65. The van der Waals surface area contributed by atoms with Crippen LogP contribution in [-0.2, 0) is 0 Å². The summed E-state index contributed by atoms with van der Waals surface area (Å²) in [7, 11) is 0. The van der Waals surface area contributed by atoms with Gasteiger partial charge in [0.15, 0.2) is 0 Å². The van der Waals surface area contributed by atoms with Gasteiger partial charge in [0.1, 0.15) is 0 Å². The molecule has 0 saturated heterocycles. The number of fused-ring (bicyclic) bond motifs is 3. The van der Waals surface area contributed by atoms with Gasteiger partial charge in [0.25, 0.3) is 0 Å². The molecule has 0 radical (unpaired) electrons. The lowest BCUT2D eigenvalue weighted by Gasteiger charge is -2.14.